The van der Waals surface area contributed by atoms with Gasteiger partial charge in [0.15, 0.2) is 5.52 Å². The molecule has 0 aliphatic heterocycles. The van der Waals surface area contributed by atoms with E-state index in [9.17, 15) is 4.79 Å². The molecule has 5 nitrogen and oxygen atoms in total. The predicted octanol–water partition coefficient (Wildman–Crippen LogP) is 4.38. The predicted molar refractivity (Wildman–Crippen MR) is 114 cm³/mol. The van der Waals surface area contributed by atoms with Gasteiger partial charge < -0.3 is 0 Å². The van der Waals surface area contributed by atoms with E-state index in [0.717, 1.165) is 29.7 Å². The van der Waals surface area contributed by atoms with Gasteiger partial charge in [0, 0.05) is 18.8 Å². The highest BCUT2D eigenvalue weighted by Crippen LogP contribution is 2.22. The van der Waals surface area contributed by atoms with E-state index >= 15 is 0 Å². The molecule has 0 radical (unpaired) electrons. The molecule has 140 valence electrons. The lowest BCUT2D eigenvalue weighted by atomic mass is 10.2. The molecule has 4 rings (SSSR count). The minimum atomic E-state index is -0.117. The number of nitrogens with zero attached hydrogens (tertiary/aromatic N) is 4. The van der Waals surface area contributed by atoms with Crippen molar-refractivity contribution in [3.63, 3.8) is 0 Å². The fraction of sp³-hybridized carbons (Fsp3) is 0.174. The van der Waals surface area contributed by atoms with Gasteiger partial charge in [-0.25, -0.2) is 4.98 Å². The Bertz CT molecular complexity index is 1190. The van der Waals surface area contributed by atoms with Crippen LogP contribution in [0.1, 0.15) is 24.6 Å². The summed E-state index contributed by atoms with van der Waals surface area (Å²) in [6.07, 6.45) is 5.46. The molecule has 2 aromatic carbocycles. The van der Waals surface area contributed by atoms with Crippen LogP contribution < -0.4 is 5.56 Å². The van der Waals surface area contributed by atoms with Crippen LogP contribution in [0.2, 0.25) is 0 Å². The molecule has 0 amide bonds. The fourth-order valence-corrected chi connectivity index (χ4v) is 3.35. The van der Waals surface area contributed by atoms with Gasteiger partial charge in [0.25, 0.3) is 5.56 Å². The van der Waals surface area contributed by atoms with Gasteiger partial charge in [-0.3, -0.25) is 14.0 Å². The number of hydrogen-bond acceptors (Lipinski definition) is 3. The van der Waals surface area contributed by atoms with E-state index < -0.39 is 0 Å². The summed E-state index contributed by atoms with van der Waals surface area (Å²) in [6, 6.07) is 19.7. The molecule has 5 heteroatoms. The van der Waals surface area contributed by atoms with Crippen LogP contribution in [-0.2, 0) is 13.5 Å². The summed E-state index contributed by atoms with van der Waals surface area (Å²) in [4.78, 5) is 18.3. The molecular formula is C23H22N4O. The number of hydrogen-bond donors (Lipinski definition) is 0. The lowest BCUT2D eigenvalue weighted by molar-refractivity contribution is 0.749. The quantitative estimate of drug-likeness (QED) is 0.524. The molecule has 2 aromatic heterocycles. The molecule has 4 aromatic rings. The molecule has 0 aliphatic carbocycles. The van der Waals surface area contributed by atoms with Crippen molar-refractivity contribution in [3.05, 3.63) is 82.3 Å². The van der Waals surface area contributed by atoms with E-state index in [2.05, 4.69) is 12.0 Å². The Labute approximate surface area is 163 Å². The molecule has 0 saturated carbocycles. The van der Waals surface area contributed by atoms with Crippen LogP contribution in [0.15, 0.2) is 65.5 Å². The normalized spacial score (nSPS) is 11.5. The summed E-state index contributed by atoms with van der Waals surface area (Å²) in [5, 5.41) is 4.55. The summed E-state index contributed by atoms with van der Waals surface area (Å²) in [5.41, 5.74) is 3.89. The second-order valence-electron chi connectivity index (χ2n) is 6.72. The largest absolute Gasteiger partial charge is 0.284 e. The van der Waals surface area contributed by atoms with Gasteiger partial charge in [0.1, 0.15) is 11.3 Å². The molecule has 0 unspecified atom stereocenters. The first-order chi connectivity index (χ1) is 13.7. The van der Waals surface area contributed by atoms with Crippen LogP contribution in [0.25, 0.3) is 34.7 Å². The maximum absolute atomic E-state index is 13.4. The van der Waals surface area contributed by atoms with E-state index in [1.54, 1.807) is 22.5 Å². The third-order valence-electron chi connectivity index (χ3n) is 4.69. The first-order valence-corrected chi connectivity index (χ1v) is 9.46. The number of aryl methyl sites for hydroxylation is 2. The van der Waals surface area contributed by atoms with E-state index in [1.165, 1.54) is 0 Å². The van der Waals surface area contributed by atoms with Gasteiger partial charge >= 0.3 is 0 Å². The summed E-state index contributed by atoms with van der Waals surface area (Å²) in [5.74, 6) is 0.621. The Morgan fingerprint density at radius 2 is 1.68 bits per heavy atom. The van der Waals surface area contributed by atoms with Crippen LogP contribution >= 0.6 is 0 Å². The van der Waals surface area contributed by atoms with Crippen LogP contribution in [0.3, 0.4) is 0 Å². The highest BCUT2D eigenvalue weighted by atomic mass is 16.1. The Kier molecular flexibility index (Phi) is 4.89. The van der Waals surface area contributed by atoms with Crippen molar-refractivity contribution in [2.24, 2.45) is 7.05 Å². The van der Waals surface area contributed by atoms with E-state index in [4.69, 9.17) is 4.98 Å². The highest BCUT2D eigenvalue weighted by Gasteiger charge is 2.18. The fourth-order valence-electron chi connectivity index (χ4n) is 3.35. The smallest absolute Gasteiger partial charge is 0.266 e. The lowest BCUT2D eigenvalue weighted by Gasteiger charge is -2.09. The van der Waals surface area contributed by atoms with Crippen molar-refractivity contribution in [2.75, 3.05) is 0 Å². The van der Waals surface area contributed by atoms with Crippen LogP contribution in [0.4, 0.5) is 0 Å². The van der Waals surface area contributed by atoms with Gasteiger partial charge in [-0.15, -0.1) is 0 Å². The Morgan fingerprint density at radius 3 is 2.36 bits per heavy atom. The molecule has 0 bridgehead atoms. The minimum Gasteiger partial charge on any atom is -0.266 e. The summed E-state index contributed by atoms with van der Waals surface area (Å²) < 4.78 is 3.26. The van der Waals surface area contributed by atoms with E-state index in [-0.39, 0.29) is 5.56 Å². The third kappa shape index (κ3) is 3.27. The molecule has 0 fully saturated rings. The first kappa shape index (κ1) is 17.9. The van der Waals surface area contributed by atoms with Gasteiger partial charge in [0.05, 0.1) is 5.69 Å². The van der Waals surface area contributed by atoms with Gasteiger partial charge in [0.2, 0.25) is 0 Å². The molecule has 2 heterocycles. The van der Waals surface area contributed by atoms with E-state index in [0.29, 0.717) is 16.9 Å². The molecule has 0 spiro atoms. The standard InChI is InChI=1S/C23H22N4O/c1-3-10-19-20-21(26(2)25-19)23(28)27(16-15-17-11-6-4-7-12-17)22(24-20)18-13-8-5-9-14-18/h4-9,11-16H,3,10H2,1-2H3. The maximum Gasteiger partial charge on any atom is 0.284 e. The second kappa shape index (κ2) is 7.64. The molecule has 28 heavy (non-hydrogen) atoms. The average Bonchev–Trinajstić information content (AvgIpc) is 3.04. The zero-order chi connectivity index (χ0) is 19.5. The maximum atomic E-state index is 13.4. The van der Waals surface area contributed by atoms with Crippen LogP contribution in [-0.4, -0.2) is 19.3 Å². The summed E-state index contributed by atoms with van der Waals surface area (Å²) >= 11 is 0. The zero-order valence-electron chi connectivity index (χ0n) is 16.0. The Morgan fingerprint density at radius 1 is 1.00 bits per heavy atom. The van der Waals surface area contributed by atoms with Gasteiger partial charge in [-0.05, 0) is 18.1 Å². The molecule has 0 saturated heterocycles. The van der Waals surface area contributed by atoms with Gasteiger partial charge in [-0.2, -0.15) is 5.10 Å². The van der Waals surface area contributed by atoms with Crippen molar-refractivity contribution >= 4 is 23.3 Å². The molecule has 0 aliphatic rings. The first-order valence-electron chi connectivity index (χ1n) is 9.46. The Balaban J connectivity index is 1.98. The second-order valence-corrected chi connectivity index (χ2v) is 6.72. The minimum absolute atomic E-state index is 0.117. The number of aromatic nitrogens is 4. The molecule has 0 atom stereocenters. The van der Waals surface area contributed by atoms with Crippen molar-refractivity contribution in [1.29, 1.82) is 0 Å². The van der Waals surface area contributed by atoms with Crippen LogP contribution in [0.5, 0.6) is 0 Å². The van der Waals surface area contributed by atoms with E-state index in [1.807, 2.05) is 66.7 Å². The highest BCUT2D eigenvalue weighted by molar-refractivity contribution is 5.80. The van der Waals surface area contributed by atoms with Crippen molar-refractivity contribution < 1.29 is 0 Å². The van der Waals surface area contributed by atoms with Crippen LogP contribution in [0, 0.1) is 0 Å². The lowest BCUT2D eigenvalue weighted by Crippen LogP contribution is -2.21. The third-order valence-corrected chi connectivity index (χ3v) is 4.69. The molecular weight excluding hydrogens is 348 g/mol. The van der Waals surface area contributed by atoms with Gasteiger partial charge in [-0.1, -0.05) is 74.0 Å². The zero-order valence-corrected chi connectivity index (χ0v) is 16.0. The van der Waals surface area contributed by atoms with Crippen molar-refractivity contribution in [3.8, 4) is 11.4 Å². The SMILES string of the molecule is CCCc1nn(C)c2c(=O)n(C=Cc3ccccc3)c(-c3ccccc3)nc12. The average molecular weight is 370 g/mol. The van der Waals surface area contributed by atoms with Crippen molar-refractivity contribution in [2.45, 2.75) is 19.8 Å². The summed E-state index contributed by atoms with van der Waals surface area (Å²) in [6.45, 7) is 2.10. The summed E-state index contributed by atoms with van der Waals surface area (Å²) in [7, 11) is 1.80. The number of benzene rings is 2. The Hall–Kier alpha value is -3.47. The topological polar surface area (TPSA) is 52.7 Å². The monoisotopic (exact) mass is 370 g/mol. The number of rotatable bonds is 5. The van der Waals surface area contributed by atoms with Crippen molar-refractivity contribution in [1.82, 2.24) is 19.3 Å². The molecule has 0 N–H and O–H groups in total. The number of fused-ring (bicyclic) bond motifs is 1.